The van der Waals surface area contributed by atoms with Crippen molar-refractivity contribution in [1.29, 1.82) is 0 Å². The van der Waals surface area contributed by atoms with E-state index in [2.05, 4.69) is 31.4 Å². The third kappa shape index (κ3) is 3.26. The molecule has 0 spiro atoms. The lowest BCUT2D eigenvalue weighted by molar-refractivity contribution is 0.0934. The minimum absolute atomic E-state index is 0.0181. The van der Waals surface area contributed by atoms with Gasteiger partial charge in [0.25, 0.3) is 5.91 Å². The predicted octanol–water partition coefficient (Wildman–Crippen LogP) is 6.45. The summed E-state index contributed by atoms with van der Waals surface area (Å²) in [7, 11) is 0. The number of amides is 1. The summed E-state index contributed by atoms with van der Waals surface area (Å²) in [6.07, 6.45) is 4.00. The highest BCUT2D eigenvalue weighted by molar-refractivity contribution is 7.16. The molecule has 1 aromatic heterocycles. The number of fused-ring (bicyclic) bond motifs is 3. The van der Waals surface area contributed by atoms with E-state index in [4.69, 9.17) is 23.2 Å². The Morgan fingerprint density at radius 3 is 2.78 bits per heavy atom. The van der Waals surface area contributed by atoms with E-state index >= 15 is 0 Å². The van der Waals surface area contributed by atoms with Crippen LogP contribution in [0.1, 0.15) is 66.1 Å². The van der Waals surface area contributed by atoms with Gasteiger partial charge in [-0.15, -0.1) is 11.3 Å². The van der Waals surface area contributed by atoms with Crippen molar-refractivity contribution in [1.82, 2.24) is 5.32 Å². The molecule has 0 bridgehead atoms. The van der Waals surface area contributed by atoms with Crippen LogP contribution in [-0.2, 0) is 12.8 Å². The highest BCUT2D eigenvalue weighted by atomic mass is 35.5. The number of halogens is 2. The second-order valence-corrected chi connectivity index (χ2v) is 10.1. The van der Waals surface area contributed by atoms with Crippen molar-refractivity contribution >= 4 is 45.4 Å². The van der Waals surface area contributed by atoms with Gasteiger partial charge in [-0.05, 0) is 42.2 Å². The lowest BCUT2D eigenvalue weighted by Gasteiger charge is -2.36. The van der Waals surface area contributed by atoms with E-state index < -0.39 is 0 Å². The molecule has 1 aromatic carbocycles. The molecule has 0 unspecified atom stereocenters. The summed E-state index contributed by atoms with van der Waals surface area (Å²) in [5, 5.41) is 8.47. The summed E-state index contributed by atoms with van der Waals surface area (Å²) in [4.78, 5) is 14.3. The molecule has 3 nitrogen and oxygen atoms in total. The number of nitrogens with one attached hydrogen (secondary N) is 2. The van der Waals surface area contributed by atoms with Gasteiger partial charge >= 0.3 is 0 Å². The van der Waals surface area contributed by atoms with Gasteiger partial charge < -0.3 is 10.6 Å². The van der Waals surface area contributed by atoms with Crippen LogP contribution in [0.15, 0.2) is 18.2 Å². The zero-order valence-electron chi connectivity index (χ0n) is 15.8. The zero-order valence-corrected chi connectivity index (χ0v) is 18.1. The van der Waals surface area contributed by atoms with Crippen LogP contribution in [0.5, 0.6) is 0 Å². The van der Waals surface area contributed by atoms with Crippen LogP contribution in [0.3, 0.4) is 0 Å². The first-order chi connectivity index (χ1) is 12.8. The van der Waals surface area contributed by atoms with E-state index in [1.54, 1.807) is 17.4 Å². The van der Waals surface area contributed by atoms with Gasteiger partial charge in [-0.1, -0.05) is 62.5 Å². The molecule has 1 amide bonds. The first-order valence-corrected chi connectivity index (χ1v) is 11.0. The molecule has 4 rings (SSSR count). The largest absolute Gasteiger partial charge is 0.353 e. The number of thiophene rings is 1. The van der Waals surface area contributed by atoms with Crippen LogP contribution in [0.25, 0.3) is 0 Å². The third-order valence-corrected chi connectivity index (χ3v) is 8.37. The Balaban J connectivity index is 1.66. The van der Waals surface area contributed by atoms with Crippen LogP contribution in [-0.4, -0.2) is 5.91 Å². The summed E-state index contributed by atoms with van der Waals surface area (Å²) in [6, 6.07) is 5.50. The van der Waals surface area contributed by atoms with Crippen molar-refractivity contribution in [2.24, 2.45) is 11.3 Å². The van der Waals surface area contributed by atoms with Crippen molar-refractivity contribution in [3.05, 3.63) is 49.8 Å². The van der Waals surface area contributed by atoms with Gasteiger partial charge in [0, 0.05) is 10.4 Å². The maximum atomic E-state index is 12.9. The Labute approximate surface area is 174 Å². The average Bonchev–Trinajstić information content (AvgIpc) is 3.01. The maximum absolute atomic E-state index is 12.9. The van der Waals surface area contributed by atoms with Gasteiger partial charge in [-0.2, -0.15) is 0 Å². The van der Waals surface area contributed by atoms with E-state index in [1.165, 1.54) is 16.9 Å². The van der Waals surface area contributed by atoms with Crippen molar-refractivity contribution in [3.63, 3.8) is 0 Å². The van der Waals surface area contributed by atoms with Gasteiger partial charge in [0.05, 0.1) is 15.6 Å². The molecule has 0 fully saturated rings. The Morgan fingerprint density at radius 2 is 2.04 bits per heavy atom. The maximum Gasteiger partial charge on any atom is 0.256 e. The fourth-order valence-electron chi connectivity index (χ4n) is 4.15. The molecule has 2 aromatic rings. The standard InChI is InChI=1S/C21H24Cl2N2OS/c1-4-21(2,3)11-8-9-12-15(10-11)27-20-16(12)19(26)24-18(25-20)13-6-5-7-14(22)17(13)23/h5-7,11,18,25H,4,8-10H2,1-3H3,(H,24,26)/t11-,18+/m0/s1. The Kier molecular flexibility index (Phi) is 4.94. The van der Waals surface area contributed by atoms with E-state index in [-0.39, 0.29) is 12.1 Å². The molecule has 0 saturated carbocycles. The summed E-state index contributed by atoms with van der Waals surface area (Å²) >= 11 is 14.3. The molecule has 1 aliphatic carbocycles. The summed E-state index contributed by atoms with van der Waals surface area (Å²) < 4.78 is 0. The summed E-state index contributed by atoms with van der Waals surface area (Å²) in [5.41, 5.74) is 3.19. The highest BCUT2D eigenvalue weighted by Gasteiger charge is 2.37. The molecular weight excluding hydrogens is 399 g/mol. The molecule has 2 atom stereocenters. The van der Waals surface area contributed by atoms with Crippen LogP contribution in [0.4, 0.5) is 5.00 Å². The van der Waals surface area contributed by atoms with Crippen molar-refractivity contribution in [2.75, 3.05) is 5.32 Å². The van der Waals surface area contributed by atoms with Crippen molar-refractivity contribution in [3.8, 4) is 0 Å². The normalized spacial score (nSPS) is 21.9. The fourth-order valence-corrected chi connectivity index (χ4v) is 5.92. The van der Waals surface area contributed by atoms with E-state index in [0.717, 1.165) is 35.4 Å². The lowest BCUT2D eigenvalue weighted by atomic mass is 9.69. The third-order valence-electron chi connectivity index (χ3n) is 6.35. The van der Waals surface area contributed by atoms with Gasteiger partial charge in [0.15, 0.2) is 0 Å². The van der Waals surface area contributed by atoms with E-state index in [1.807, 2.05) is 12.1 Å². The fraction of sp³-hybridized carbons (Fsp3) is 0.476. The molecular formula is C21H24Cl2N2OS. The minimum Gasteiger partial charge on any atom is -0.353 e. The lowest BCUT2D eigenvalue weighted by Crippen LogP contribution is -2.38. The van der Waals surface area contributed by atoms with Crippen LogP contribution in [0, 0.1) is 11.3 Å². The number of hydrogen-bond donors (Lipinski definition) is 2. The first-order valence-electron chi connectivity index (χ1n) is 9.47. The van der Waals surface area contributed by atoms with Gasteiger partial charge in [0.1, 0.15) is 11.2 Å². The molecule has 27 heavy (non-hydrogen) atoms. The zero-order chi connectivity index (χ0) is 19.3. The Hall–Kier alpha value is -1.23. The van der Waals surface area contributed by atoms with Gasteiger partial charge in [0.2, 0.25) is 0 Å². The summed E-state index contributed by atoms with van der Waals surface area (Å²) in [5.74, 6) is 0.645. The van der Waals surface area contributed by atoms with Gasteiger partial charge in [-0.25, -0.2) is 0 Å². The smallest absolute Gasteiger partial charge is 0.256 e. The number of rotatable bonds is 3. The van der Waals surface area contributed by atoms with Crippen LogP contribution >= 0.6 is 34.5 Å². The molecule has 2 N–H and O–H groups in total. The van der Waals surface area contributed by atoms with E-state index in [9.17, 15) is 4.79 Å². The SMILES string of the molecule is CCC(C)(C)[C@H]1CCc2c(sc3c2C(=O)N[C@@H](c2cccc(Cl)c2Cl)N3)C1. The number of hydrogen-bond acceptors (Lipinski definition) is 3. The second-order valence-electron chi connectivity index (χ2n) is 8.18. The molecule has 144 valence electrons. The quantitative estimate of drug-likeness (QED) is 0.596. The molecule has 6 heteroatoms. The Bertz CT molecular complexity index is 906. The molecule has 2 heterocycles. The average molecular weight is 423 g/mol. The minimum atomic E-state index is -0.362. The van der Waals surface area contributed by atoms with Crippen LogP contribution in [0.2, 0.25) is 10.0 Å². The van der Waals surface area contributed by atoms with Crippen molar-refractivity contribution < 1.29 is 4.79 Å². The highest BCUT2D eigenvalue weighted by Crippen LogP contribution is 2.47. The summed E-state index contributed by atoms with van der Waals surface area (Å²) in [6.45, 7) is 6.99. The number of carbonyl (C=O) groups is 1. The number of carbonyl (C=O) groups excluding carboxylic acids is 1. The molecule has 1 aliphatic heterocycles. The number of benzene rings is 1. The monoisotopic (exact) mass is 422 g/mol. The second kappa shape index (κ2) is 6.98. The van der Waals surface area contributed by atoms with Crippen LogP contribution < -0.4 is 10.6 Å². The van der Waals surface area contributed by atoms with Crippen molar-refractivity contribution in [2.45, 2.75) is 52.6 Å². The molecule has 0 saturated heterocycles. The molecule has 0 radical (unpaired) electrons. The Morgan fingerprint density at radius 1 is 1.26 bits per heavy atom. The first kappa shape index (κ1) is 19.1. The predicted molar refractivity (Wildman–Crippen MR) is 114 cm³/mol. The van der Waals surface area contributed by atoms with E-state index in [0.29, 0.717) is 21.4 Å². The number of anilines is 1. The van der Waals surface area contributed by atoms with Gasteiger partial charge in [-0.3, -0.25) is 4.79 Å². The molecule has 2 aliphatic rings. The topological polar surface area (TPSA) is 41.1 Å².